The summed E-state index contributed by atoms with van der Waals surface area (Å²) in [6.45, 7) is 7.12. The summed E-state index contributed by atoms with van der Waals surface area (Å²) in [5, 5.41) is 10.4. The summed E-state index contributed by atoms with van der Waals surface area (Å²) >= 11 is 1.74. The first-order valence-corrected chi connectivity index (χ1v) is 10.8. The minimum absolute atomic E-state index is 0.217. The number of aliphatic hydroxyl groups excluding tert-OH is 1. The molecule has 1 aliphatic rings. The van der Waals surface area contributed by atoms with Crippen LogP contribution in [0.5, 0.6) is 0 Å². The van der Waals surface area contributed by atoms with Gasteiger partial charge in [0.2, 0.25) is 0 Å². The number of nitrogens with zero attached hydrogens (tertiary/aromatic N) is 1. The number of hydrogen-bond acceptors (Lipinski definition) is 4. The average Bonchev–Trinajstić information content (AvgIpc) is 2.59. The Labute approximate surface area is 162 Å². The van der Waals surface area contributed by atoms with Crippen LogP contribution < -0.4 is 0 Å². The molecule has 1 amide bonds. The Balaban J connectivity index is 1.68. The molecule has 2 rings (SSSR count). The van der Waals surface area contributed by atoms with Gasteiger partial charge in [0.25, 0.3) is 0 Å². The monoisotopic (exact) mass is 379 g/mol. The lowest BCUT2D eigenvalue weighted by molar-refractivity contribution is 0.0160. The van der Waals surface area contributed by atoms with E-state index in [0.717, 1.165) is 45.2 Å². The lowest BCUT2D eigenvalue weighted by Gasteiger charge is -2.34. The van der Waals surface area contributed by atoms with Gasteiger partial charge in [-0.1, -0.05) is 12.1 Å². The summed E-state index contributed by atoms with van der Waals surface area (Å²) in [7, 11) is 0. The molecular formula is C21H33NO3S. The van der Waals surface area contributed by atoms with Gasteiger partial charge in [-0.3, -0.25) is 0 Å². The maximum atomic E-state index is 12.1. The highest BCUT2D eigenvalue weighted by Gasteiger charge is 2.27. The standard InChI is InChI=1S/C21H33NO3S/c1-21(2,3)25-20(24)22-13-11-17(12-14-22)15-18(23)8-5-16-6-9-19(26-4)10-7-16/h6-7,9-10,17-18,23H,5,8,11-15H2,1-4H3. The first-order valence-electron chi connectivity index (χ1n) is 9.56. The lowest BCUT2D eigenvalue weighted by Crippen LogP contribution is -2.42. The van der Waals surface area contributed by atoms with E-state index in [9.17, 15) is 9.90 Å². The van der Waals surface area contributed by atoms with Gasteiger partial charge < -0.3 is 14.7 Å². The number of thioether (sulfide) groups is 1. The maximum absolute atomic E-state index is 12.1. The highest BCUT2D eigenvalue weighted by Crippen LogP contribution is 2.25. The highest BCUT2D eigenvalue weighted by molar-refractivity contribution is 7.98. The van der Waals surface area contributed by atoms with E-state index >= 15 is 0 Å². The van der Waals surface area contributed by atoms with E-state index in [1.54, 1.807) is 16.7 Å². The van der Waals surface area contributed by atoms with Gasteiger partial charge in [-0.2, -0.15) is 0 Å². The van der Waals surface area contributed by atoms with Crippen molar-refractivity contribution in [2.24, 2.45) is 5.92 Å². The summed E-state index contributed by atoms with van der Waals surface area (Å²) in [6.07, 6.45) is 6.01. The number of amides is 1. The van der Waals surface area contributed by atoms with Crippen LogP contribution in [0, 0.1) is 5.92 Å². The molecule has 1 aromatic rings. The summed E-state index contributed by atoms with van der Waals surface area (Å²) in [5.41, 5.74) is 0.833. The van der Waals surface area contributed by atoms with E-state index in [4.69, 9.17) is 4.74 Å². The Morgan fingerprint density at radius 2 is 1.88 bits per heavy atom. The first-order chi connectivity index (χ1) is 12.3. The number of hydrogen-bond donors (Lipinski definition) is 1. The average molecular weight is 380 g/mol. The van der Waals surface area contributed by atoms with Crippen LogP contribution in [0.15, 0.2) is 29.2 Å². The fourth-order valence-electron chi connectivity index (χ4n) is 3.31. The van der Waals surface area contributed by atoms with Crippen molar-refractivity contribution in [1.29, 1.82) is 0 Å². The smallest absolute Gasteiger partial charge is 0.410 e. The normalized spacial score (nSPS) is 17.2. The van der Waals surface area contributed by atoms with Crippen LogP contribution in [0.4, 0.5) is 4.79 Å². The predicted molar refractivity (Wildman–Crippen MR) is 108 cm³/mol. The number of piperidine rings is 1. The number of rotatable bonds is 6. The number of likely N-dealkylation sites (tertiary alicyclic amines) is 1. The number of ether oxygens (including phenoxy) is 1. The molecule has 0 saturated carbocycles. The summed E-state index contributed by atoms with van der Waals surface area (Å²) in [4.78, 5) is 15.2. The van der Waals surface area contributed by atoms with E-state index in [-0.39, 0.29) is 12.2 Å². The zero-order chi connectivity index (χ0) is 19.2. The molecule has 1 fully saturated rings. The Morgan fingerprint density at radius 3 is 2.42 bits per heavy atom. The lowest BCUT2D eigenvalue weighted by atomic mass is 9.89. The van der Waals surface area contributed by atoms with E-state index in [1.165, 1.54) is 10.5 Å². The third-order valence-electron chi connectivity index (χ3n) is 4.80. The highest BCUT2D eigenvalue weighted by atomic mass is 32.2. The van der Waals surface area contributed by atoms with E-state index in [2.05, 4.69) is 30.5 Å². The van der Waals surface area contributed by atoms with Crippen LogP contribution in [0.25, 0.3) is 0 Å². The molecule has 0 radical (unpaired) electrons. The fraction of sp³-hybridized carbons (Fsp3) is 0.667. The molecule has 26 heavy (non-hydrogen) atoms. The van der Waals surface area contributed by atoms with Gasteiger partial charge in [0.1, 0.15) is 5.60 Å². The van der Waals surface area contributed by atoms with Crippen molar-refractivity contribution in [2.45, 2.75) is 69.5 Å². The van der Waals surface area contributed by atoms with Crippen molar-refractivity contribution in [3.8, 4) is 0 Å². The second-order valence-corrected chi connectivity index (χ2v) is 9.07. The molecule has 0 aliphatic carbocycles. The molecule has 1 aliphatic heterocycles. The number of aliphatic hydroxyl groups is 1. The van der Waals surface area contributed by atoms with E-state index in [0.29, 0.717) is 5.92 Å². The molecule has 1 heterocycles. The molecule has 1 N–H and O–H groups in total. The quantitative estimate of drug-likeness (QED) is 0.725. The maximum Gasteiger partial charge on any atom is 0.410 e. The zero-order valence-electron chi connectivity index (χ0n) is 16.5. The van der Waals surface area contributed by atoms with Crippen LogP contribution in [0.1, 0.15) is 52.0 Å². The van der Waals surface area contributed by atoms with Crippen molar-refractivity contribution in [2.75, 3.05) is 19.3 Å². The van der Waals surface area contributed by atoms with E-state index in [1.807, 2.05) is 20.8 Å². The molecule has 146 valence electrons. The molecule has 0 aromatic heterocycles. The van der Waals surface area contributed by atoms with Crippen molar-refractivity contribution in [1.82, 2.24) is 4.90 Å². The van der Waals surface area contributed by atoms with Gasteiger partial charge in [0.05, 0.1) is 6.10 Å². The number of benzene rings is 1. The Kier molecular flexibility index (Phi) is 7.84. The molecular weight excluding hydrogens is 346 g/mol. The number of carbonyl (C=O) groups is 1. The van der Waals surface area contributed by atoms with Crippen LogP contribution in [-0.4, -0.2) is 47.1 Å². The SMILES string of the molecule is CSc1ccc(CCC(O)CC2CCN(C(=O)OC(C)(C)C)CC2)cc1. The van der Waals surface area contributed by atoms with Crippen molar-refractivity contribution < 1.29 is 14.6 Å². The second kappa shape index (κ2) is 9.65. The Bertz CT molecular complexity index is 560. The van der Waals surface area contributed by atoms with Crippen LogP contribution in [0.2, 0.25) is 0 Å². The molecule has 1 aromatic carbocycles. The third kappa shape index (κ3) is 7.20. The van der Waals surface area contributed by atoms with E-state index < -0.39 is 5.60 Å². The Hall–Kier alpha value is -1.20. The van der Waals surface area contributed by atoms with Crippen molar-refractivity contribution >= 4 is 17.9 Å². The molecule has 1 saturated heterocycles. The molecule has 4 nitrogen and oxygen atoms in total. The minimum atomic E-state index is -0.446. The number of carbonyl (C=O) groups excluding carboxylic acids is 1. The Morgan fingerprint density at radius 1 is 1.27 bits per heavy atom. The van der Waals surface area contributed by atoms with Crippen molar-refractivity contribution in [3.05, 3.63) is 29.8 Å². The third-order valence-corrected chi connectivity index (χ3v) is 5.54. The minimum Gasteiger partial charge on any atom is -0.444 e. The fourth-order valence-corrected chi connectivity index (χ4v) is 3.71. The van der Waals surface area contributed by atoms with Gasteiger partial charge in [0, 0.05) is 18.0 Å². The number of aryl methyl sites for hydroxylation is 1. The van der Waals surface area contributed by atoms with Gasteiger partial charge in [-0.25, -0.2) is 4.79 Å². The van der Waals surface area contributed by atoms with Crippen LogP contribution in [0.3, 0.4) is 0 Å². The molecule has 5 heteroatoms. The molecule has 0 bridgehead atoms. The van der Waals surface area contributed by atoms with Gasteiger partial charge in [-0.05, 0) is 82.7 Å². The van der Waals surface area contributed by atoms with Gasteiger partial charge in [-0.15, -0.1) is 11.8 Å². The topological polar surface area (TPSA) is 49.8 Å². The summed E-state index contributed by atoms with van der Waals surface area (Å²) in [6, 6.07) is 8.58. The van der Waals surface area contributed by atoms with Gasteiger partial charge in [0.15, 0.2) is 0 Å². The molecule has 1 atom stereocenters. The summed E-state index contributed by atoms with van der Waals surface area (Å²) < 4.78 is 5.43. The summed E-state index contributed by atoms with van der Waals surface area (Å²) in [5.74, 6) is 0.488. The first kappa shape index (κ1) is 21.1. The predicted octanol–water partition coefficient (Wildman–Crippen LogP) is 4.74. The zero-order valence-corrected chi connectivity index (χ0v) is 17.3. The van der Waals surface area contributed by atoms with Crippen molar-refractivity contribution in [3.63, 3.8) is 0 Å². The van der Waals surface area contributed by atoms with Crippen LogP contribution >= 0.6 is 11.8 Å². The second-order valence-electron chi connectivity index (χ2n) is 8.19. The molecule has 1 unspecified atom stereocenters. The van der Waals surface area contributed by atoms with Gasteiger partial charge >= 0.3 is 6.09 Å². The molecule has 0 spiro atoms. The largest absolute Gasteiger partial charge is 0.444 e. The van der Waals surface area contributed by atoms with Crippen LogP contribution in [-0.2, 0) is 11.2 Å².